The number of phenolic OH excluding ortho intramolecular Hbond substituents is 1. The molecule has 0 saturated carbocycles. The predicted octanol–water partition coefficient (Wildman–Crippen LogP) is 0.623. The second-order valence-electron chi connectivity index (χ2n) is 2.41. The van der Waals surface area contributed by atoms with E-state index >= 15 is 0 Å². The van der Waals surface area contributed by atoms with Crippen LogP contribution in [0.4, 0.5) is 11.4 Å². The third-order valence-corrected chi connectivity index (χ3v) is 1.62. The number of hydrogen-bond donors (Lipinski definition) is 3. The summed E-state index contributed by atoms with van der Waals surface area (Å²) in [5.41, 5.74) is 12.0. The summed E-state index contributed by atoms with van der Waals surface area (Å²) in [5, 5.41) is 17.5. The maximum Gasteiger partial charge on any atom is 0.140 e. The van der Waals surface area contributed by atoms with Crippen molar-refractivity contribution in [1.29, 1.82) is 5.26 Å². The molecule has 1 aromatic rings. The largest absolute Gasteiger partial charge is 0.506 e. The van der Waals surface area contributed by atoms with Crippen LogP contribution >= 0.6 is 0 Å². The molecule has 0 spiro atoms. The number of aromatic hydroxyl groups is 1. The first-order valence-corrected chi connectivity index (χ1v) is 3.39. The summed E-state index contributed by atoms with van der Waals surface area (Å²) in [4.78, 5) is 0. The van der Waals surface area contributed by atoms with Gasteiger partial charge in [-0.15, -0.1) is 0 Å². The van der Waals surface area contributed by atoms with Gasteiger partial charge in [0.05, 0.1) is 23.9 Å². The lowest BCUT2D eigenvalue weighted by molar-refractivity contribution is 0.478. The normalized spacial score (nSPS) is 9.25. The fourth-order valence-corrected chi connectivity index (χ4v) is 0.909. The maximum absolute atomic E-state index is 9.10. The van der Waals surface area contributed by atoms with Gasteiger partial charge >= 0.3 is 0 Å². The molecule has 4 heteroatoms. The molecule has 0 amide bonds. The van der Waals surface area contributed by atoms with Crippen molar-refractivity contribution in [3.05, 3.63) is 17.7 Å². The molecular weight excluding hydrogens is 154 g/mol. The van der Waals surface area contributed by atoms with E-state index in [4.69, 9.17) is 21.8 Å². The van der Waals surface area contributed by atoms with Gasteiger partial charge < -0.3 is 16.6 Å². The van der Waals surface area contributed by atoms with Gasteiger partial charge in [0, 0.05) is 0 Å². The Morgan fingerprint density at radius 2 is 2.00 bits per heavy atom. The van der Waals surface area contributed by atoms with E-state index in [1.54, 1.807) is 6.07 Å². The van der Waals surface area contributed by atoms with Crippen molar-refractivity contribution in [3.8, 4) is 11.8 Å². The first kappa shape index (κ1) is 8.21. The Bertz CT molecular complexity index is 341. The van der Waals surface area contributed by atoms with Gasteiger partial charge in [0.15, 0.2) is 0 Å². The van der Waals surface area contributed by atoms with Gasteiger partial charge in [-0.1, -0.05) is 6.07 Å². The second kappa shape index (κ2) is 3.01. The number of phenols is 1. The van der Waals surface area contributed by atoms with Gasteiger partial charge in [-0.3, -0.25) is 0 Å². The number of benzene rings is 1. The Hall–Kier alpha value is -1.89. The molecule has 0 saturated heterocycles. The summed E-state index contributed by atoms with van der Waals surface area (Å²) < 4.78 is 0. The lowest BCUT2D eigenvalue weighted by Crippen LogP contribution is -1.99. The van der Waals surface area contributed by atoms with Crippen LogP contribution in [-0.2, 0) is 6.42 Å². The smallest absolute Gasteiger partial charge is 0.140 e. The van der Waals surface area contributed by atoms with E-state index in [9.17, 15) is 0 Å². The van der Waals surface area contributed by atoms with Crippen molar-refractivity contribution >= 4 is 11.4 Å². The highest BCUT2D eigenvalue weighted by molar-refractivity contribution is 5.73. The van der Waals surface area contributed by atoms with Gasteiger partial charge in [-0.2, -0.15) is 5.26 Å². The van der Waals surface area contributed by atoms with Gasteiger partial charge in [0.2, 0.25) is 0 Å². The first-order chi connectivity index (χ1) is 5.66. The molecule has 0 fully saturated rings. The van der Waals surface area contributed by atoms with Crippen LogP contribution in [0.5, 0.6) is 5.75 Å². The molecule has 0 aromatic heterocycles. The predicted molar refractivity (Wildman–Crippen MR) is 46.2 cm³/mol. The molecule has 12 heavy (non-hydrogen) atoms. The Kier molecular flexibility index (Phi) is 2.06. The molecule has 4 nitrogen and oxygen atoms in total. The van der Waals surface area contributed by atoms with Gasteiger partial charge in [-0.05, 0) is 11.6 Å². The minimum atomic E-state index is -0.0470. The summed E-state index contributed by atoms with van der Waals surface area (Å²) in [6.07, 6.45) is 0.205. The molecule has 0 bridgehead atoms. The van der Waals surface area contributed by atoms with Crippen LogP contribution in [0.2, 0.25) is 0 Å². The SMILES string of the molecule is N#CCc1ccc(O)c(N)c1N. The second-order valence-corrected chi connectivity index (χ2v) is 2.41. The highest BCUT2D eigenvalue weighted by atomic mass is 16.3. The fraction of sp³-hybridized carbons (Fsp3) is 0.125. The molecule has 0 aliphatic rings. The Labute approximate surface area is 70.0 Å². The molecule has 0 atom stereocenters. The Balaban J connectivity index is 3.19. The van der Waals surface area contributed by atoms with Crippen LogP contribution in [-0.4, -0.2) is 5.11 Å². The summed E-state index contributed by atoms with van der Waals surface area (Å²) in [6, 6.07) is 4.97. The molecule has 1 aromatic carbocycles. The van der Waals surface area contributed by atoms with E-state index < -0.39 is 0 Å². The topological polar surface area (TPSA) is 96.1 Å². The average molecular weight is 163 g/mol. The quantitative estimate of drug-likeness (QED) is 0.417. The number of hydrogen-bond acceptors (Lipinski definition) is 4. The van der Waals surface area contributed by atoms with E-state index in [-0.39, 0.29) is 23.5 Å². The summed E-state index contributed by atoms with van der Waals surface area (Å²) >= 11 is 0. The minimum absolute atomic E-state index is 0.0470. The van der Waals surface area contributed by atoms with Crippen molar-refractivity contribution in [2.45, 2.75) is 6.42 Å². The van der Waals surface area contributed by atoms with Gasteiger partial charge in [0.25, 0.3) is 0 Å². The Morgan fingerprint density at radius 3 is 2.58 bits per heavy atom. The summed E-state index contributed by atoms with van der Waals surface area (Å²) in [7, 11) is 0. The van der Waals surface area contributed by atoms with Crippen LogP contribution in [0.15, 0.2) is 12.1 Å². The molecule has 0 unspecified atom stereocenters. The maximum atomic E-state index is 9.10. The molecule has 62 valence electrons. The van der Waals surface area contributed by atoms with E-state index in [1.165, 1.54) is 6.07 Å². The van der Waals surface area contributed by atoms with E-state index in [2.05, 4.69) is 0 Å². The van der Waals surface area contributed by atoms with Gasteiger partial charge in [-0.25, -0.2) is 0 Å². The molecule has 0 aliphatic heterocycles. The summed E-state index contributed by atoms with van der Waals surface area (Å²) in [6.45, 7) is 0. The highest BCUT2D eigenvalue weighted by Gasteiger charge is 2.05. The molecule has 1 rings (SSSR count). The van der Waals surface area contributed by atoms with E-state index in [1.807, 2.05) is 6.07 Å². The number of nitrogens with zero attached hydrogens (tertiary/aromatic N) is 1. The molecule has 5 N–H and O–H groups in total. The van der Waals surface area contributed by atoms with Crippen molar-refractivity contribution in [2.24, 2.45) is 0 Å². The lowest BCUT2D eigenvalue weighted by Gasteiger charge is -2.05. The third kappa shape index (κ3) is 1.25. The minimum Gasteiger partial charge on any atom is -0.506 e. The number of rotatable bonds is 1. The monoisotopic (exact) mass is 163 g/mol. The van der Waals surface area contributed by atoms with Crippen LogP contribution in [0, 0.1) is 11.3 Å². The third-order valence-electron chi connectivity index (χ3n) is 1.62. The zero-order valence-corrected chi connectivity index (χ0v) is 6.41. The highest BCUT2D eigenvalue weighted by Crippen LogP contribution is 2.29. The number of nitriles is 1. The number of nitrogens with two attached hydrogens (primary N) is 2. The lowest BCUT2D eigenvalue weighted by atomic mass is 10.1. The van der Waals surface area contributed by atoms with Crippen molar-refractivity contribution in [2.75, 3.05) is 11.5 Å². The number of anilines is 2. The molecule has 0 heterocycles. The van der Waals surface area contributed by atoms with E-state index in [0.29, 0.717) is 5.56 Å². The first-order valence-electron chi connectivity index (χ1n) is 3.39. The fourth-order valence-electron chi connectivity index (χ4n) is 0.909. The van der Waals surface area contributed by atoms with Crippen LogP contribution < -0.4 is 11.5 Å². The van der Waals surface area contributed by atoms with Crippen molar-refractivity contribution in [3.63, 3.8) is 0 Å². The molecule has 0 radical (unpaired) electrons. The zero-order chi connectivity index (χ0) is 9.14. The number of nitrogen functional groups attached to an aromatic ring is 2. The average Bonchev–Trinajstić information content (AvgIpc) is 2.07. The van der Waals surface area contributed by atoms with Crippen LogP contribution in [0.25, 0.3) is 0 Å². The van der Waals surface area contributed by atoms with Crippen molar-refractivity contribution < 1.29 is 5.11 Å². The zero-order valence-electron chi connectivity index (χ0n) is 6.41. The molecule has 0 aliphatic carbocycles. The van der Waals surface area contributed by atoms with Crippen LogP contribution in [0.1, 0.15) is 5.56 Å². The van der Waals surface area contributed by atoms with Crippen molar-refractivity contribution in [1.82, 2.24) is 0 Å². The van der Waals surface area contributed by atoms with Gasteiger partial charge in [0.1, 0.15) is 5.75 Å². The van der Waals surface area contributed by atoms with Crippen LogP contribution in [0.3, 0.4) is 0 Å². The Morgan fingerprint density at radius 1 is 1.33 bits per heavy atom. The molecular formula is C8H9N3O. The summed E-state index contributed by atoms with van der Waals surface area (Å²) in [5.74, 6) is -0.0470. The van der Waals surface area contributed by atoms with E-state index in [0.717, 1.165) is 0 Å². The standard InChI is InChI=1S/C8H9N3O/c9-4-3-5-1-2-6(12)8(11)7(5)10/h1-2,12H,3,10-11H2.